The Morgan fingerprint density at radius 2 is 2.04 bits per heavy atom. The van der Waals surface area contributed by atoms with Crippen molar-refractivity contribution in [3.63, 3.8) is 0 Å². The van der Waals surface area contributed by atoms with Crippen LogP contribution in [-0.4, -0.2) is 20.5 Å². The molecule has 1 atom stereocenters. The number of carbonyl (C=O) groups is 1. The van der Waals surface area contributed by atoms with Gasteiger partial charge in [-0.05, 0) is 57.0 Å². The van der Waals surface area contributed by atoms with Crippen molar-refractivity contribution in [1.29, 1.82) is 0 Å². The minimum absolute atomic E-state index is 0.0107. The smallest absolute Gasteiger partial charge is 0.220 e. The van der Waals surface area contributed by atoms with Gasteiger partial charge in [-0.1, -0.05) is 12.1 Å². The van der Waals surface area contributed by atoms with Crippen LogP contribution < -0.4 is 5.32 Å². The van der Waals surface area contributed by atoms with Crippen LogP contribution in [0.4, 0.5) is 0 Å². The number of furan rings is 1. The maximum Gasteiger partial charge on any atom is 0.220 e. The predicted octanol–water partition coefficient (Wildman–Crippen LogP) is 3.90. The number of hydrogen-bond acceptors (Lipinski definition) is 4. The van der Waals surface area contributed by atoms with Crippen molar-refractivity contribution >= 4 is 22.5 Å². The first-order valence-corrected chi connectivity index (χ1v) is 9.11. The van der Waals surface area contributed by atoms with Crippen LogP contribution in [0.5, 0.6) is 0 Å². The van der Waals surface area contributed by atoms with E-state index in [-0.39, 0.29) is 11.9 Å². The maximum absolute atomic E-state index is 12.4. The molecule has 6 heteroatoms. The summed E-state index contributed by atoms with van der Waals surface area (Å²) in [5, 5.41) is 8.68. The summed E-state index contributed by atoms with van der Waals surface area (Å²) in [6, 6.07) is 11.5. The highest BCUT2D eigenvalue weighted by molar-refractivity contribution is 5.92. The van der Waals surface area contributed by atoms with E-state index in [4.69, 9.17) is 9.40 Å². The Hall–Kier alpha value is -3.15. The van der Waals surface area contributed by atoms with Gasteiger partial charge in [-0.15, -0.1) is 0 Å². The SMILES string of the molecule is Cc1nc2c3ccccc3nn2c(C)c1CCC(=O)N[C@H](C)c1ccco1. The largest absolute Gasteiger partial charge is 0.467 e. The average molecular weight is 362 g/mol. The standard InChI is InChI=1S/C21H22N4O2/c1-13-16(10-11-20(26)22-14(2)19-9-6-12-27-19)15(3)25-21(23-13)17-7-4-5-8-18(17)24-25/h4-9,12,14H,10-11H2,1-3H3,(H,22,26)/t14-/m1/s1. The molecule has 0 aliphatic carbocycles. The van der Waals surface area contributed by atoms with Crippen molar-refractivity contribution < 1.29 is 9.21 Å². The summed E-state index contributed by atoms with van der Waals surface area (Å²) in [4.78, 5) is 17.1. The molecule has 0 radical (unpaired) electrons. The van der Waals surface area contributed by atoms with Gasteiger partial charge in [0.1, 0.15) is 5.76 Å². The highest BCUT2D eigenvalue weighted by Gasteiger charge is 2.16. The van der Waals surface area contributed by atoms with Gasteiger partial charge in [0.05, 0.1) is 17.8 Å². The van der Waals surface area contributed by atoms with Crippen molar-refractivity contribution in [1.82, 2.24) is 19.9 Å². The second-order valence-electron chi connectivity index (χ2n) is 6.82. The first-order chi connectivity index (χ1) is 13.0. The first-order valence-electron chi connectivity index (χ1n) is 9.11. The molecule has 3 aromatic heterocycles. The Kier molecular flexibility index (Phi) is 4.39. The number of aryl methyl sites for hydroxylation is 2. The maximum atomic E-state index is 12.4. The minimum atomic E-state index is -0.147. The van der Waals surface area contributed by atoms with Gasteiger partial charge in [0.2, 0.25) is 5.91 Å². The third kappa shape index (κ3) is 3.18. The Labute approximate surface area is 157 Å². The number of fused-ring (bicyclic) bond motifs is 3. The molecule has 4 aromatic rings. The van der Waals surface area contributed by atoms with Crippen LogP contribution in [0.3, 0.4) is 0 Å². The van der Waals surface area contributed by atoms with E-state index in [2.05, 4.69) is 10.4 Å². The van der Waals surface area contributed by atoms with Crippen molar-refractivity contribution in [2.45, 2.75) is 39.7 Å². The fourth-order valence-electron chi connectivity index (χ4n) is 3.50. The molecule has 1 N–H and O–H groups in total. The molecule has 6 nitrogen and oxygen atoms in total. The molecule has 138 valence electrons. The van der Waals surface area contributed by atoms with Gasteiger partial charge in [0, 0.05) is 23.2 Å². The normalized spacial score (nSPS) is 12.6. The third-order valence-corrected chi connectivity index (χ3v) is 4.97. The van der Waals surface area contributed by atoms with E-state index < -0.39 is 0 Å². The van der Waals surface area contributed by atoms with E-state index in [0.29, 0.717) is 12.8 Å². The Morgan fingerprint density at radius 3 is 2.81 bits per heavy atom. The van der Waals surface area contributed by atoms with Crippen molar-refractivity contribution in [2.75, 3.05) is 0 Å². The summed E-state index contributed by atoms with van der Waals surface area (Å²) in [6.07, 6.45) is 2.62. The molecule has 0 saturated carbocycles. The number of rotatable bonds is 5. The van der Waals surface area contributed by atoms with E-state index in [9.17, 15) is 4.79 Å². The molecule has 3 heterocycles. The van der Waals surface area contributed by atoms with E-state index in [1.807, 2.05) is 61.7 Å². The van der Waals surface area contributed by atoms with Crippen molar-refractivity contribution in [3.05, 3.63) is 65.4 Å². The monoisotopic (exact) mass is 362 g/mol. The molecule has 4 rings (SSSR count). The summed E-state index contributed by atoms with van der Waals surface area (Å²) < 4.78 is 7.22. The molecular weight excluding hydrogens is 340 g/mol. The zero-order valence-corrected chi connectivity index (χ0v) is 15.7. The molecule has 0 fully saturated rings. The Bertz CT molecular complexity index is 1110. The highest BCUT2D eigenvalue weighted by Crippen LogP contribution is 2.23. The third-order valence-electron chi connectivity index (χ3n) is 4.97. The van der Waals surface area contributed by atoms with Crippen molar-refractivity contribution in [3.8, 4) is 0 Å². The van der Waals surface area contributed by atoms with Gasteiger partial charge in [-0.2, -0.15) is 5.10 Å². The van der Waals surface area contributed by atoms with E-state index in [1.165, 1.54) is 0 Å². The van der Waals surface area contributed by atoms with Gasteiger partial charge < -0.3 is 9.73 Å². The fourth-order valence-corrected chi connectivity index (χ4v) is 3.50. The summed E-state index contributed by atoms with van der Waals surface area (Å²) in [6.45, 7) is 5.94. The highest BCUT2D eigenvalue weighted by atomic mass is 16.3. The van der Waals surface area contributed by atoms with E-state index in [0.717, 1.165) is 39.3 Å². The van der Waals surface area contributed by atoms with Crippen LogP contribution in [0.25, 0.3) is 16.6 Å². The molecule has 0 spiro atoms. The van der Waals surface area contributed by atoms with E-state index in [1.54, 1.807) is 6.26 Å². The van der Waals surface area contributed by atoms with Crippen LogP contribution >= 0.6 is 0 Å². The van der Waals surface area contributed by atoms with E-state index >= 15 is 0 Å². The van der Waals surface area contributed by atoms with Crippen molar-refractivity contribution in [2.24, 2.45) is 0 Å². The van der Waals surface area contributed by atoms with Gasteiger partial charge in [-0.25, -0.2) is 9.50 Å². The topological polar surface area (TPSA) is 72.4 Å². The predicted molar refractivity (Wildman–Crippen MR) is 104 cm³/mol. The molecular formula is C21H22N4O2. The number of hydrogen-bond donors (Lipinski definition) is 1. The Balaban J connectivity index is 1.55. The molecule has 0 aliphatic rings. The van der Waals surface area contributed by atoms with Crippen LogP contribution in [0.15, 0.2) is 47.1 Å². The molecule has 27 heavy (non-hydrogen) atoms. The lowest BCUT2D eigenvalue weighted by Gasteiger charge is -2.13. The van der Waals surface area contributed by atoms with Crippen LogP contribution in [0.2, 0.25) is 0 Å². The number of carbonyl (C=O) groups excluding carboxylic acids is 1. The lowest BCUT2D eigenvalue weighted by molar-refractivity contribution is -0.121. The Morgan fingerprint density at radius 1 is 1.22 bits per heavy atom. The first kappa shape index (κ1) is 17.3. The molecule has 1 amide bonds. The quantitative estimate of drug-likeness (QED) is 0.584. The van der Waals surface area contributed by atoms with Crippen LogP contribution in [0, 0.1) is 13.8 Å². The summed E-state index contributed by atoms with van der Waals surface area (Å²) in [5.41, 5.74) is 4.82. The number of benzene rings is 1. The minimum Gasteiger partial charge on any atom is -0.467 e. The van der Waals surface area contributed by atoms with Gasteiger partial charge in [0.25, 0.3) is 0 Å². The van der Waals surface area contributed by atoms with Crippen LogP contribution in [0.1, 0.15) is 42.1 Å². The number of aromatic nitrogens is 3. The zero-order valence-electron chi connectivity index (χ0n) is 15.7. The lowest BCUT2D eigenvalue weighted by atomic mass is 10.1. The van der Waals surface area contributed by atoms with Crippen LogP contribution in [-0.2, 0) is 11.2 Å². The number of nitrogens with zero attached hydrogens (tertiary/aromatic N) is 3. The molecule has 0 aliphatic heterocycles. The summed E-state index contributed by atoms with van der Waals surface area (Å²) in [7, 11) is 0. The molecule has 0 unspecified atom stereocenters. The van der Waals surface area contributed by atoms with Gasteiger partial charge >= 0.3 is 0 Å². The lowest BCUT2D eigenvalue weighted by Crippen LogP contribution is -2.26. The summed E-state index contributed by atoms with van der Waals surface area (Å²) in [5.74, 6) is 0.741. The zero-order chi connectivity index (χ0) is 19.0. The molecule has 0 saturated heterocycles. The average Bonchev–Trinajstić information content (AvgIpc) is 3.30. The molecule has 1 aromatic carbocycles. The summed E-state index contributed by atoms with van der Waals surface area (Å²) >= 11 is 0. The van der Waals surface area contributed by atoms with Gasteiger partial charge in [0.15, 0.2) is 5.65 Å². The molecule has 0 bridgehead atoms. The second-order valence-corrected chi connectivity index (χ2v) is 6.82. The fraction of sp³-hybridized carbons (Fsp3) is 0.286. The number of amides is 1. The van der Waals surface area contributed by atoms with Gasteiger partial charge in [-0.3, -0.25) is 4.79 Å². The second kappa shape index (κ2) is 6.87. The number of nitrogens with one attached hydrogen (secondary N) is 1.